The summed E-state index contributed by atoms with van der Waals surface area (Å²) in [5.41, 5.74) is 0.567. The second-order valence-corrected chi connectivity index (χ2v) is 4.56. The predicted molar refractivity (Wildman–Crippen MR) is 65.2 cm³/mol. The summed E-state index contributed by atoms with van der Waals surface area (Å²) < 4.78 is 42.1. The van der Waals surface area contributed by atoms with Crippen LogP contribution in [0.4, 0.5) is 13.2 Å². The molecule has 1 heterocycles. The van der Waals surface area contributed by atoms with Crippen LogP contribution in [0.25, 0.3) is 0 Å². The van der Waals surface area contributed by atoms with E-state index in [0.29, 0.717) is 5.56 Å². The van der Waals surface area contributed by atoms with Gasteiger partial charge in [-0.15, -0.1) is 0 Å². The summed E-state index contributed by atoms with van der Waals surface area (Å²) in [4.78, 5) is 4.03. The van der Waals surface area contributed by atoms with Crippen molar-refractivity contribution in [3.63, 3.8) is 0 Å². The summed E-state index contributed by atoms with van der Waals surface area (Å²) in [5, 5.41) is 18.6. The van der Waals surface area contributed by atoms with Gasteiger partial charge in [0.05, 0.1) is 6.04 Å². The predicted octanol–water partition coefficient (Wildman–Crippen LogP) is 1.85. The highest BCUT2D eigenvalue weighted by Gasteiger charge is 2.40. The van der Waals surface area contributed by atoms with Crippen LogP contribution in [0.2, 0.25) is 0 Å². The maximum atomic E-state index is 12.3. The molecule has 2 rings (SSSR count). The number of hydrogen-bond acceptors (Lipinski definition) is 4. The number of nitrogens with zero attached hydrogens (tertiary/aromatic N) is 1. The van der Waals surface area contributed by atoms with E-state index in [9.17, 15) is 18.3 Å². The number of ether oxygens (including phenoxy) is 1. The second kappa shape index (κ2) is 5.80. The normalized spacial score (nSPS) is 24.8. The van der Waals surface area contributed by atoms with Crippen molar-refractivity contribution in [2.75, 3.05) is 0 Å². The van der Waals surface area contributed by atoms with Crippen LogP contribution in [0.15, 0.2) is 35.3 Å². The molecule has 4 nitrogen and oxygen atoms in total. The first-order chi connectivity index (χ1) is 9.36. The monoisotopic (exact) mass is 289 g/mol. The van der Waals surface area contributed by atoms with E-state index in [2.05, 4.69) is 4.99 Å². The quantitative estimate of drug-likeness (QED) is 0.892. The topological polar surface area (TPSA) is 62.0 Å². The van der Waals surface area contributed by atoms with Crippen LogP contribution in [0.3, 0.4) is 0 Å². The molecule has 3 atom stereocenters. The molecule has 3 unspecified atom stereocenters. The number of aliphatic imine (C=N–C) groups is 1. The molecule has 2 N–H and O–H groups in total. The van der Waals surface area contributed by atoms with Crippen LogP contribution in [0, 0.1) is 0 Å². The van der Waals surface area contributed by atoms with Gasteiger partial charge in [-0.1, -0.05) is 18.2 Å². The summed E-state index contributed by atoms with van der Waals surface area (Å²) in [6.07, 6.45) is -9.05. The van der Waals surface area contributed by atoms with Gasteiger partial charge in [-0.25, -0.2) is 4.99 Å². The first-order valence-electron chi connectivity index (χ1n) is 6.09. The van der Waals surface area contributed by atoms with Crippen molar-refractivity contribution in [3.05, 3.63) is 35.9 Å². The van der Waals surface area contributed by atoms with Crippen LogP contribution in [-0.4, -0.2) is 40.7 Å². The van der Waals surface area contributed by atoms with Crippen LogP contribution in [-0.2, 0) is 4.74 Å². The lowest BCUT2D eigenvalue weighted by molar-refractivity contribution is -0.207. The van der Waals surface area contributed by atoms with Gasteiger partial charge in [0, 0.05) is 18.4 Å². The Morgan fingerprint density at radius 2 is 1.95 bits per heavy atom. The zero-order valence-electron chi connectivity index (χ0n) is 10.4. The van der Waals surface area contributed by atoms with E-state index in [1.54, 1.807) is 30.3 Å². The molecule has 0 amide bonds. The van der Waals surface area contributed by atoms with E-state index >= 15 is 0 Å². The molecule has 0 saturated heterocycles. The third-order valence-corrected chi connectivity index (χ3v) is 2.92. The van der Waals surface area contributed by atoms with Gasteiger partial charge in [0.15, 0.2) is 6.10 Å². The van der Waals surface area contributed by atoms with Crippen LogP contribution >= 0.6 is 0 Å². The van der Waals surface area contributed by atoms with Crippen LogP contribution < -0.4 is 0 Å². The van der Waals surface area contributed by atoms with Gasteiger partial charge >= 0.3 is 6.18 Å². The number of benzene rings is 1. The fraction of sp³-hybridized carbons (Fsp3) is 0.462. The van der Waals surface area contributed by atoms with E-state index in [-0.39, 0.29) is 12.3 Å². The molecule has 1 aliphatic heterocycles. The average Bonchev–Trinajstić information content (AvgIpc) is 2.38. The molecule has 1 aromatic carbocycles. The maximum absolute atomic E-state index is 12.3. The van der Waals surface area contributed by atoms with Gasteiger partial charge in [-0.05, 0) is 12.1 Å². The van der Waals surface area contributed by atoms with Crippen molar-refractivity contribution >= 4 is 5.90 Å². The summed E-state index contributed by atoms with van der Waals surface area (Å²) in [6, 6.07) is 7.73. The lowest BCUT2D eigenvalue weighted by Gasteiger charge is -2.27. The van der Waals surface area contributed by atoms with Crippen molar-refractivity contribution in [1.82, 2.24) is 0 Å². The number of hydrogen-bond donors (Lipinski definition) is 2. The van der Waals surface area contributed by atoms with Gasteiger partial charge in [0.1, 0.15) is 0 Å². The highest BCUT2D eigenvalue weighted by atomic mass is 19.4. The van der Waals surface area contributed by atoms with E-state index < -0.39 is 31.0 Å². The number of rotatable bonds is 3. The molecule has 7 heteroatoms. The molecule has 0 fully saturated rings. The van der Waals surface area contributed by atoms with E-state index in [1.807, 2.05) is 0 Å². The van der Waals surface area contributed by atoms with Gasteiger partial charge in [0.2, 0.25) is 12.2 Å². The smallest absolute Gasteiger partial charge is 0.414 e. The zero-order chi connectivity index (χ0) is 14.8. The first-order valence-corrected chi connectivity index (χ1v) is 6.09. The third-order valence-electron chi connectivity index (χ3n) is 2.92. The molecule has 20 heavy (non-hydrogen) atoms. The average molecular weight is 289 g/mol. The SMILES string of the molecule is OC1CC(CC(O)C(F)(F)F)N=C(c2ccccc2)O1. The van der Waals surface area contributed by atoms with Crippen molar-refractivity contribution < 1.29 is 28.1 Å². The Labute approximate surface area is 113 Å². The number of alkyl halides is 3. The fourth-order valence-corrected chi connectivity index (χ4v) is 1.92. The van der Waals surface area contributed by atoms with E-state index in [4.69, 9.17) is 9.84 Å². The number of aliphatic hydroxyl groups excluding tert-OH is 2. The van der Waals surface area contributed by atoms with Crippen molar-refractivity contribution in [1.29, 1.82) is 0 Å². The molecular formula is C13H14F3NO3. The van der Waals surface area contributed by atoms with Crippen LogP contribution in [0.1, 0.15) is 18.4 Å². The van der Waals surface area contributed by atoms with E-state index in [1.165, 1.54) is 0 Å². The molecule has 0 aliphatic carbocycles. The molecule has 0 bridgehead atoms. The number of aliphatic hydroxyl groups is 2. The molecule has 1 aliphatic rings. The van der Waals surface area contributed by atoms with Crippen LogP contribution in [0.5, 0.6) is 0 Å². The molecule has 110 valence electrons. The lowest BCUT2D eigenvalue weighted by Crippen LogP contribution is -2.36. The van der Waals surface area contributed by atoms with Gasteiger partial charge in [0.25, 0.3) is 0 Å². The third kappa shape index (κ3) is 3.71. The van der Waals surface area contributed by atoms with Crippen molar-refractivity contribution in [2.24, 2.45) is 4.99 Å². The highest BCUT2D eigenvalue weighted by molar-refractivity contribution is 5.94. The summed E-state index contributed by atoms with van der Waals surface area (Å²) in [7, 11) is 0. The molecule has 0 spiro atoms. The Morgan fingerprint density at radius 1 is 1.30 bits per heavy atom. The Hall–Kier alpha value is -1.60. The summed E-state index contributed by atoms with van der Waals surface area (Å²) >= 11 is 0. The number of halogens is 3. The van der Waals surface area contributed by atoms with Crippen molar-refractivity contribution in [2.45, 2.75) is 37.5 Å². The first kappa shape index (κ1) is 14.8. The van der Waals surface area contributed by atoms with Gasteiger partial charge < -0.3 is 14.9 Å². The molecule has 1 aromatic rings. The minimum absolute atomic E-state index is 0.0799. The summed E-state index contributed by atoms with van der Waals surface area (Å²) in [5.74, 6) is 0.0868. The van der Waals surface area contributed by atoms with Crippen molar-refractivity contribution in [3.8, 4) is 0 Å². The Balaban J connectivity index is 2.14. The highest BCUT2D eigenvalue weighted by Crippen LogP contribution is 2.27. The standard InChI is InChI=1S/C13H14F3NO3/c14-13(15,16)10(18)6-9-7-11(19)20-12(17-9)8-4-2-1-3-5-8/h1-5,9-11,18-19H,6-7H2. The molecule has 0 saturated carbocycles. The van der Waals surface area contributed by atoms with Gasteiger partial charge in [-0.2, -0.15) is 13.2 Å². The van der Waals surface area contributed by atoms with E-state index in [0.717, 1.165) is 0 Å². The zero-order valence-corrected chi connectivity index (χ0v) is 10.4. The Bertz CT molecular complexity index is 475. The Kier molecular flexibility index (Phi) is 4.29. The van der Waals surface area contributed by atoms with Gasteiger partial charge in [-0.3, -0.25) is 0 Å². The Morgan fingerprint density at radius 3 is 2.55 bits per heavy atom. The maximum Gasteiger partial charge on any atom is 0.414 e. The molecular weight excluding hydrogens is 275 g/mol. The minimum atomic E-state index is -4.69. The minimum Gasteiger partial charge on any atom is -0.448 e. The lowest BCUT2D eigenvalue weighted by atomic mass is 10.0. The largest absolute Gasteiger partial charge is 0.448 e. The fourth-order valence-electron chi connectivity index (χ4n) is 1.92. The molecule has 0 radical (unpaired) electrons. The molecule has 0 aromatic heterocycles. The second-order valence-electron chi connectivity index (χ2n) is 4.56. The summed E-state index contributed by atoms with van der Waals surface area (Å²) in [6.45, 7) is 0.